The zero-order valence-electron chi connectivity index (χ0n) is 11.6. The average Bonchev–Trinajstić information content (AvgIpc) is 2.30. The lowest BCUT2D eigenvalue weighted by Crippen LogP contribution is -2.45. The molecule has 0 aliphatic rings. The summed E-state index contributed by atoms with van der Waals surface area (Å²) < 4.78 is 5.41. The molecule has 0 aromatic heterocycles. The zero-order valence-corrected chi connectivity index (χ0v) is 11.6. The highest BCUT2D eigenvalue weighted by molar-refractivity contribution is 5.41. The third-order valence-electron chi connectivity index (χ3n) is 3.16. The number of hydrogen-bond acceptors (Lipinski definition) is 3. The predicted octanol–water partition coefficient (Wildman–Crippen LogP) is 2.14. The fourth-order valence-electron chi connectivity index (χ4n) is 1.58. The van der Waals surface area contributed by atoms with E-state index in [1.54, 1.807) is 7.11 Å². The van der Waals surface area contributed by atoms with Crippen molar-refractivity contribution in [2.24, 2.45) is 5.73 Å². The van der Waals surface area contributed by atoms with Crippen molar-refractivity contribution in [2.45, 2.75) is 39.8 Å². The van der Waals surface area contributed by atoms with Gasteiger partial charge in [0.25, 0.3) is 0 Å². The molecule has 96 valence electrons. The molecule has 0 unspecified atom stereocenters. The first-order valence-corrected chi connectivity index (χ1v) is 5.99. The van der Waals surface area contributed by atoms with Crippen LogP contribution in [0.1, 0.15) is 30.5 Å². The summed E-state index contributed by atoms with van der Waals surface area (Å²) in [6.45, 7) is 9.79. The third-order valence-corrected chi connectivity index (χ3v) is 3.16. The lowest BCUT2D eigenvalue weighted by atomic mass is 10.0. The third kappa shape index (κ3) is 3.72. The Morgan fingerprint density at radius 3 is 2.35 bits per heavy atom. The largest absolute Gasteiger partial charge is 0.496 e. The molecule has 1 aromatic carbocycles. The SMILES string of the molecule is COc1cc(C)c(C)cc1CNC(C)(C)CN. The second-order valence-electron chi connectivity index (χ2n) is 5.19. The second kappa shape index (κ2) is 5.52. The summed E-state index contributed by atoms with van der Waals surface area (Å²) in [5, 5.41) is 3.44. The summed E-state index contributed by atoms with van der Waals surface area (Å²) in [4.78, 5) is 0. The molecule has 0 radical (unpaired) electrons. The molecule has 0 fully saturated rings. The lowest BCUT2D eigenvalue weighted by molar-refractivity contribution is 0.379. The van der Waals surface area contributed by atoms with Crippen LogP contribution in [0.5, 0.6) is 5.75 Å². The molecule has 1 aromatic rings. The van der Waals surface area contributed by atoms with E-state index in [0.717, 1.165) is 12.3 Å². The van der Waals surface area contributed by atoms with E-state index in [1.165, 1.54) is 16.7 Å². The minimum absolute atomic E-state index is 0.0518. The molecule has 0 spiro atoms. The number of benzene rings is 1. The molecular formula is C14H24N2O. The Morgan fingerprint density at radius 1 is 1.24 bits per heavy atom. The van der Waals surface area contributed by atoms with Crippen molar-refractivity contribution in [3.05, 3.63) is 28.8 Å². The van der Waals surface area contributed by atoms with Gasteiger partial charge in [-0.2, -0.15) is 0 Å². The van der Waals surface area contributed by atoms with Crippen LogP contribution in [0.2, 0.25) is 0 Å². The maximum Gasteiger partial charge on any atom is 0.123 e. The molecule has 0 saturated heterocycles. The van der Waals surface area contributed by atoms with Gasteiger partial charge in [-0.3, -0.25) is 0 Å². The first-order valence-electron chi connectivity index (χ1n) is 5.99. The Kier molecular flexibility index (Phi) is 4.54. The van der Waals surface area contributed by atoms with Gasteiger partial charge in [-0.25, -0.2) is 0 Å². The number of aryl methyl sites for hydroxylation is 2. The highest BCUT2D eigenvalue weighted by atomic mass is 16.5. The Labute approximate surface area is 104 Å². The summed E-state index contributed by atoms with van der Waals surface area (Å²) in [7, 11) is 1.71. The Hall–Kier alpha value is -1.06. The molecule has 0 heterocycles. The number of nitrogens with one attached hydrogen (secondary N) is 1. The highest BCUT2D eigenvalue weighted by Crippen LogP contribution is 2.23. The molecule has 0 amide bonds. The lowest BCUT2D eigenvalue weighted by Gasteiger charge is -2.25. The van der Waals surface area contributed by atoms with Crippen molar-refractivity contribution in [1.82, 2.24) is 5.32 Å². The van der Waals surface area contributed by atoms with Crippen molar-refractivity contribution in [3.8, 4) is 5.75 Å². The number of methoxy groups -OCH3 is 1. The van der Waals surface area contributed by atoms with E-state index in [2.05, 4.69) is 45.1 Å². The standard InChI is InChI=1S/C14H24N2O/c1-10-6-12(8-16-14(3,4)9-15)13(17-5)7-11(10)2/h6-7,16H,8-9,15H2,1-5H3. The molecule has 0 aliphatic carbocycles. The Balaban J connectivity index is 2.87. The van der Waals surface area contributed by atoms with Crippen LogP contribution in [-0.2, 0) is 6.54 Å². The maximum atomic E-state index is 5.70. The van der Waals surface area contributed by atoms with E-state index in [0.29, 0.717) is 6.54 Å². The quantitative estimate of drug-likeness (QED) is 0.823. The number of ether oxygens (including phenoxy) is 1. The molecule has 0 saturated carbocycles. The second-order valence-corrected chi connectivity index (χ2v) is 5.19. The van der Waals surface area contributed by atoms with Crippen LogP contribution in [-0.4, -0.2) is 19.2 Å². The monoisotopic (exact) mass is 236 g/mol. The normalized spacial score (nSPS) is 11.6. The van der Waals surface area contributed by atoms with Gasteiger partial charge in [0.05, 0.1) is 7.11 Å². The molecule has 0 bridgehead atoms. The van der Waals surface area contributed by atoms with E-state index in [9.17, 15) is 0 Å². The van der Waals surface area contributed by atoms with Crippen molar-refractivity contribution in [2.75, 3.05) is 13.7 Å². The van der Waals surface area contributed by atoms with Gasteiger partial charge >= 0.3 is 0 Å². The smallest absolute Gasteiger partial charge is 0.123 e. The molecular weight excluding hydrogens is 212 g/mol. The van der Waals surface area contributed by atoms with Crippen molar-refractivity contribution in [3.63, 3.8) is 0 Å². The van der Waals surface area contributed by atoms with E-state index in [1.807, 2.05) is 0 Å². The zero-order chi connectivity index (χ0) is 13.1. The van der Waals surface area contributed by atoms with E-state index < -0.39 is 0 Å². The first kappa shape index (κ1) is 14.0. The Morgan fingerprint density at radius 2 is 1.82 bits per heavy atom. The molecule has 0 atom stereocenters. The van der Waals surface area contributed by atoms with Crippen LogP contribution in [0.15, 0.2) is 12.1 Å². The van der Waals surface area contributed by atoms with Crippen LogP contribution in [0.4, 0.5) is 0 Å². The topological polar surface area (TPSA) is 47.3 Å². The maximum absolute atomic E-state index is 5.70. The minimum atomic E-state index is -0.0518. The van der Waals surface area contributed by atoms with Crippen LogP contribution >= 0.6 is 0 Å². The van der Waals surface area contributed by atoms with Gasteiger partial charge in [0.2, 0.25) is 0 Å². The summed E-state index contributed by atoms with van der Waals surface area (Å²) >= 11 is 0. The van der Waals surface area contributed by atoms with Crippen LogP contribution in [0.25, 0.3) is 0 Å². The molecule has 17 heavy (non-hydrogen) atoms. The van der Waals surface area contributed by atoms with E-state index in [4.69, 9.17) is 10.5 Å². The van der Waals surface area contributed by atoms with Crippen molar-refractivity contribution < 1.29 is 4.74 Å². The van der Waals surface area contributed by atoms with E-state index in [-0.39, 0.29) is 5.54 Å². The fraction of sp³-hybridized carbons (Fsp3) is 0.571. The van der Waals surface area contributed by atoms with Crippen LogP contribution < -0.4 is 15.8 Å². The van der Waals surface area contributed by atoms with Gasteiger partial charge in [0.1, 0.15) is 5.75 Å². The molecule has 3 heteroatoms. The van der Waals surface area contributed by atoms with Gasteiger partial charge in [0.15, 0.2) is 0 Å². The van der Waals surface area contributed by atoms with Crippen LogP contribution in [0, 0.1) is 13.8 Å². The van der Waals surface area contributed by atoms with Crippen molar-refractivity contribution in [1.29, 1.82) is 0 Å². The van der Waals surface area contributed by atoms with Crippen LogP contribution in [0.3, 0.4) is 0 Å². The average molecular weight is 236 g/mol. The molecule has 0 aliphatic heterocycles. The highest BCUT2D eigenvalue weighted by Gasteiger charge is 2.15. The molecule has 3 N–H and O–H groups in total. The summed E-state index contributed by atoms with van der Waals surface area (Å²) in [6.07, 6.45) is 0. The summed E-state index contributed by atoms with van der Waals surface area (Å²) in [5.74, 6) is 0.938. The first-order chi connectivity index (χ1) is 7.89. The number of rotatable bonds is 5. The summed E-state index contributed by atoms with van der Waals surface area (Å²) in [6, 6.07) is 4.26. The predicted molar refractivity (Wildman–Crippen MR) is 72.4 cm³/mol. The number of hydrogen-bond donors (Lipinski definition) is 2. The van der Waals surface area contributed by atoms with Gasteiger partial charge in [-0.15, -0.1) is 0 Å². The minimum Gasteiger partial charge on any atom is -0.496 e. The van der Waals surface area contributed by atoms with E-state index >= 15 is 0 Å². The molecule has 3 nitrogen and oxygen atoms in total. The molecule has 1 rings (SSSR count). The van der Waals surface area contributed by atoms with Gasteiger partial charge in [-0.1, -0.05) is 6.07 Å². The van der Waals surface area contributed by atoms with Crippen molar-refractivity contribution >= 4 is 0 Å². The van der Waals surface area contributed by atoms with Gasteiger partial charge in [0, 0.05) is 24.2 Å². The van der Waals surface area contributed by atoms with Gasteiger partial charge in [-0.05, 0) is 44.9 Å². The number of nitrogens with two attached hydrogens (primary N) is 1. The Bertz CT molecular complexity index is 386. The fourth-order valence-corrected chi connectivity index (χ4v) is 1.58. The summed E-state index contributed by atoms with van der Waals surface area (Å²) in [5.41, 5.74) is 9.37. The van der Waals surface area contributed by atoms with Gasteiger partial charge < -0.3 is 15.8 Å².